The van der Waals surface area contributed by atoms with Crippen LogP contribution in [0.3, 0.4) is 0 Å². The number of nitrogens with one attached hydrogen (secondary N) is 1. The monoisotopic (exact) mass is 444 g/mol. The van der Waals surface area contributed by atoms with Gasteiger partial charge in [0.25, 0.3) is 5.91 Å². The Morgan fingerprint density at radius 1 is 1.12 bits per heavy atom. The van der Waals surface area contributed by atoms with E-state index in [0.717, 1.165) is 46.5 Å². The van der Waals surface area contributed by atoms with Crippen LogP contribution in [0.1, 0.15) is 58.8 Å². The van der Waals surface area contributed by atoms with Crippen LogP contribution in [0, 0.1) is 19.7 Å². The summed E-state index contributed by atoms with van der Waals surface area (Å²) in [5.41, 5.74) is 6.01. The van der Waals surface area contributed by atoms with E-state index in [0.29, 0.717) is 17.9 Å². The molecule has 1 amide bonds. The highest BCUT2D eigenvalue weighted by Gasteiger charge is 2.16. The molecule has 2 aromatic carbocycles. The number of halogens is 1. The lowest BCUT2D eigenvalue weighted by Crippen LogP contribution is -2.29. The zero-order valence-electron chi connectivity index (χ0n) is 19.7. The number of aromatic nitrogens is 1. The number of hydrogen-bond donors (Lipinski definition) is 1. The number of ether oxygens (including phenoxy) is 1. The molecule has 0 aliphatic heterocycles. The van der Waals surface area contributed by atoms with E-state index in [4.69, 9.17) is 17.6 Å². The summed E-state index contributed by atoms with van der Waals surface area (Å²) in [4.78, 5) is 17.5. The van der Waals surface area contributed by atoms with Crippen molar-refractivity contribution in [3.05, 3.63) is 82.3 Å². The number of rotatable bonds is 9. The molecule has 0 saturated heterocycles. The molecule has 4 nitrogen and oxygen atoms in total. The molecular weight excluding hydrogens is 414 g/mol. The second-order valence-electron chi connectivity index (χ2n) is 8.17. The molecule has 0 aliphatic carbocycles. The minimum Gasteiger partial charge on any atom is -0.494 e. The first-order valence-electron chi connectivity index (χ1n) is 11.4. The van der Waals surface area contributed by atoms with Gasteiger partial charge < -0.3 is 10.1 Å². The smallest absolute Gasteiger partial charge is 0.251 e. The Bertz CT molecular complexity index is 1120. The molecule has 0 bridgehead atoms. The molecule has 1 heterocycles. The fourth-order valence-electron chi connectivity index (χ4n) is 3.81. The van der Waals surface area contributed by atoms with Gasteiger partial charge in [0.15, 0.2) is 0 Å². The topological polar surface area (TPSA) is 51.2 Å². The van der Waals surface area contributed by atoms with E-state index in [1.807, 2.05) is 32.9 Å². The van der Waals surface area contributed by atoms with Crippen LogP contribution in [0.15, 0.2) is 48.5 Å². The predicted octanol–water partition coefficient (Wildman–Crippen LogP) is 5.50. The Morgan fingerprint density at radius 3 is 2.48 bits per heavy atom. The molecule has 170 valence electrons. The lowest BCUT2D eigenvalue weighted by atomic mass is 9.82. The normalized spacial score (nSPS) is 11.8. The van der Waals surface area contributed by atoms with Crippen molar-refractivity contribution in [1.82, 2.24) is 10.3 Å². The summed E-state index contributed by atoms with van der Waals surface area (Å²) in [6.45, 7) is 8.81. The van der Waals surface area contributed by atoms with E-state index < -0.39 is 5.82 Å². The molecule has 3 aromatic rings. The van der Waals surface area contributed by atoms with Crippen LogP contribution in [0.4, 0.5) is 4.39 Å². The van der Waals surface area contributed by atoms with Crippen LogP contribution < -0.4 is 10.1 Å². The average molecular weight is 444 g/mol. The van der Waals surface area contributed by atoms with E-state index in [1.54, 1.807) is 24.3 Å². The Balaban J connectivity index is 1.80. The highest BCUT2D eigenvalue weighted by Crippen LogP contribution is 2.28. The van der Waals surface area contributed by atoms with E-state index in [-0.39, 0.29) is 18.3 Å². The molecule has 3 rings (SSSR count). The minimum atomic E-state index is -0.479. The van der Waals surface area contributed by atoms with Crippen LogP contribution in [0.5, 0.6) is 5.75 Å². The van der Waals surface area contributed by atoms with Gasteiger partial charge in [0, 0.05) is 23.4 Å². The molecular formula is C27H30BFN2O2. The quantitative estimate of drug-likeness (QED) is 0.444. The van der Waals surface area contributed by atoms with Crippen molar-refractivity contribution >= 4 is 13.8 Å². The first-order valence-corrected chi connectivity index (χ1v) is 11.4. The van der Waals surface area contributed by atoms with Crippen molar-refractivity contribution in [3.8, 4) is 17.0 Å². The van der Waals surface area contributed by atoms with Gasteiger partial charge in [0.1, 0.15) is 11.6 Å². The Labute approximate surface area is 197 Å². The summed E-state index contributed by atoms with van der Waals surface area (Å²) in [5, 5.41) is 2.91. The van der Waals surface area contributed by atoms with Crippen molar-refractivity contribution in [2.45, 2.75) is 46.4 Å². The third-order valence-corrected chi connectivity index (χ3v) is 5.64. The number of pyridine rings is 1. The second-order valence-corrected chi connectivity index (χ2v) is 8.17. The third-order valence-electron chi connectivity index (χ3n) is 5.64. The lowest BCUT2D eigenvalue weighted by Gasteiger charge is -2.18. The number of aryl methyl sites for hydroxylation is 2. The number of hydrogen-bond acceptors (Lipinski definition) is 3. The van der Waals surface area contributed by atoms with Crippen molar-refractivity contribution in [1.29, 1.82) is 0 Å². The molecule has 1 atom stereocenters. The summed E-state index contributed by atoms with van der Waals surface area (Å²) in [5.74, 6) is -0.193. The largest absolute Gasteiger partial charge is 0.494 e. The zero-order chi connectivity index (χ0) is 24.0. The zero-order valence-corrected chi connectivity index (χ0v) is 19.7. The van der Waals surface area contributed by atoms with Crippen molar-refractivity contribution in [2.75, 3.05) is 13.2 Å². The Kier molecular flexibility index (Phi) is 8.26. The van der Waals surface area contributed by atoms with Crippen LogP contribution in [0.25, 0.3) is 11.3 Å². The summed E-state index contributed by atoms with van der Waals surface area (Å²) in [6.07, 6.45) is 1.87. The number of carbonyl (C=O) groups excluding carboxylic acids is 1. The molecule has 0 aliphatic rings. The molecule has 2 radical (unpaired) electrons. The fourth-order valence-corrected chi connectivity index (χ4v) is 3.81. The number of benzene rings is 2. The number of carbonyl (C=O) groups is 1. The molecule has 33 heavy (non-hydrogen) atoms. The fraction of sp³-hybridized carbons (Fsp3) is 0.333. The SMILES string of the molecule is [B]C(CNC(=O)c1ccc(OCC)c(C)c1)c1cc(CCC)c(C)c(-c2ccc(F)cc2)n1. The van der Waals surface area contributed by atoms with E-state index >= 15 is 0 Å². The molecule has 0 fully saturated rings. The highest BCUT2D eigenvalue weighted by atomic mass is 19.1. The third kappa shape index (κ3) is 6.01. The summed E-state index contributed by atoms with van der Waals surface area (Å²) < 4.78 is 19.0. The van der Waals surface area contributed by atoms with E-state index in [2.05, 4.69) is 12.2 Å². The minimum absolute atomic E-state index is 0.198. The number of nitrogens with zero attached hydrogens (tertiary/aromatic N) is 1. The van der Waals surface area contributed by atoms with Gasteiger partial charge in [-0.05, 0) is 98.2 Å². The van der Waals surface area contributed by atoms with Gasteiger partial charge in [-0.2, -0.15) is 0 Å². The Hall–Kier alpha value is -3.15. The summed E-state index contributed by atoms with van der Waals surface area (Å²) in [6, 6.07) is 13.7. The van der Waals surface area contributed by atoms with Gasteiger partial charge in [0.2, 0.25) is 0 Å². The van der Waals surface area contributed by atoms with E-state index in [9.17, 15) is 9.18 Å². The van der Waals surface area contributed by atoms with Crippen LogP contribution in [-0.4, -0.2) is 31.9 Å². The van der Waals surface area contributed by atoms with Gasteiger partial charge in [-0.1, -0.05) is 13.3 Å². The molecule has 1 aromatic heterocycles. The predicted molar refractivity (Wildman–Crippen MR) is 132 cm³/mol. The summed E-state index contributed by atoms with van der Waals surface area (Å²) >= 11 is 0. The lowest BCUT2D eigenvalue weighted by molar-refractivity contribution is 0.0953. The first kappa shape index (κ1) is 24.5. The highest BCUT2D eigenvalue weighted by molar-refractivity contribution is 6.12. The van der Waals surface area contributed by atoms with Gasteiger partial charge in [-0.25, -0.2) is 4.39 Å². The Morgan fingerprint density at radius 2 is 1.85 bits per heavy atom. The van der Waals surface area contributed by atoms with E-state index in [1.165, 1.54) is 12.1 Å². The molecule has 0 spiro atoms. The number of amides is 1. The standard InChI is InChI=1S/C27H30BFN2O2/c1-5-7-20-15-24(31-26(18(20)4)19-8-11-22(29)12-9-19)23(28)16-30-27(32)21-10-13-25(33-6-2)17(3)14-21/h8-15,23H,5-7,16H2,1-4H3,(H,30,32). The van der Waals surface area contributed by atoms with Gasteiger partial charge in [-0.15, -0.1) is 0 Å². The first-order chi connectivity index (χ1) is 15.8. The van der Waals surface area contributed by atoms with Crippen LogP contribution in [-0.2, 0) is 6.42 Å². The molecule has 1 N–H and O–H groups in total. The van der Waals surface area contributed by atoms with Gasteiger partial charge in [0.05, 0.1) is 20.1 Å². The second kappa shape index (κ2) is 11.1. The average Bonchev–Trinajstić information content (AvgIpc) is 2.80. The maximum absolute atomic E-state index is 13.4. The maximum Gasteiger partial charge on any atom is 0.251 e. The van der Waals surface area contributed by atoms with Gasteiger partial charge >= 0.3 is 0 Å². The maximum atomic E-state index is 13.4. The van der Waals surface area contributed by atoms with Crippen LogP contribution in [0.2, 0.25) is 0 Å². The van der Waals surface area contributed by atoms with Crippen molar-refractivity contribution < 1.29 is 13.9 Å². The summed E-state index contributed by atoms with van der Waals surface area (Å²) in [7, 11) is 6.44. The molecule has 0 saturated carbocycles. The molecule has 1 unspecified atom stereocenters. The van der Waals surface area contributed by atoms with Crippen molar-refractivity contribution in [3.63, 3.8) is 0 Å². The van der Waals surface area contributed by atoms with Crippen LogP contribution >= 0.6 is 0 Å². The van der Waals surface area contributed by atoms with Gasteiger partial charge in [-0.3, -0.25) is 9.78 Å². The molecule has 6 heteroatoms. The van der Waals surface area contributed by atoms with Crippen molar-refractivity contribution in [2.24, 2.45) is 0 Å².